The molecule has 0 radical (unpaired) electrons. The van der Waals surface area contributed by atoms with Gasteiger partial charge in [0.15, 0.2) is 0 Å². The summed E-state index contributed by atoms with van der Waals surface area (Å²) >= 11 is 6.05. The molecule has 0 aliphatic heterocycles. The first kappa shape index (κ1) is 15.8. The number of hydrogen-bond donors (Lipinski definition) is 2. The van der Waals surface area contributed by atoms with Crippen molar-refractivity contribution in [3.63, 3.8) is 0 Å². The monoisotopic (exact) mass is 314 g/mol. The van der Waals surface area contributed by atoms with E-state index in [1.165, 1.54) is 6.92 Å². The van der Waals surface area contributed by atoms with E-state index in [1.54, 1.807) is 18.2 Å². The molecule has 0 amide bonds. The average Bonchev–Trinajstić information content (AvgIpc) is 2.53. The standard InChI is InChI=1S/C17H15ClN2O2/c1-11(17(21)22)16(20-13-6-4-3-5-7-13)14-10-12(18)8-9-15(14)19-2/h3-10,20H,2H2,1H3,(H,21,22)/b16-11-. The largest absolute Gasteiger partial charge is 0.478 e. The Kier molecular flexibility index (Phi) is 4.96. The van der Waals surface area contributed by atoms with Gasteiger partial charge in [0.25, 0.3) is 0 Å². The number of aliphatic carboxylic acids is 1. The number of carbonyl (C=O) groups is 1. The fraction of sp³-hybridized carbons (Fsp3) is 0.0588. The molecule has 0 unspecified atom stereocenters. The molecule has 0 atom stereocenters. The minimum absolute atomic E-state index is 0.163. The van der Waals surface area contributed by atoms with Gasteiger partial charge in [-0.15, -0.1) is 0 Å². The molecule has 0 saturated carbocycles. The molecule has 0 bridgehead atoms. The second-order valence-electron chi connectivity index (χ2n) is 4.62. The molecule has 5 heteroatoms. The van der Waals surface area contributed by atoms with Crippen LogP contribution in [-0.4, -0.2) is 17.8 Å². The molecule has 0 aliphatic rings. The number of halogens is 1. The normalized spacial score (nSPS) is 11.5. The smallest absolute Gasteiger partial charge is 0.333 e. The number of hydrogen-bond acceptors (Lipinski definition) is 3. The summed E-state index contributed by atoms with van der Waals surface area (Å²) in [5, 5.41) is 13.0. The zero-order valence-electron chi connectivity index (χ0n) is 12.0. The maximum Gasteiger partial charge on any atom is 0.333 e. The maximum atomic E-state index is 11.4. The van der Waals surface area contributed by atoms with Crippen LogP contribution in [0.3, 0.4) is 0 Å². The van der Waals surface area contributed by atoms with Gasteiger partial charge < -0.3 is 10.4 Å². The minimum atomic E-state index is -1.02. The van der Waals surface area contributed by atoms with Crippen LogP contribution in [0.5, 0.6) is 0 Å². The molecular formula is C17H15ClN2O2. The van der Waals surface area contributed by atoms with Crippen molar-refractivity contribution in [1.29, 1.82) is 0 Å². The predicted molar refractivity (Wildman–Crippen MR) is 91.0 cm³/mol. The van der Waals surface area contributed by atoms with E-state index in [9.17, 15) is 9.90 Å². The first-order valence-electron chi connectivity index (χ1n) is 6.56. The van der Waals surface area contributed by atoms with Gasteiger partial charge in [-0.25, -0.2) is 4.79 Å². The lowest BCUT2D eigenvalue weighted by Crippen LogP contribution is -2.08. The summed E-state index contributed by atoms with van der Waals surface area (Å²) in [5.41, 5.74) is 2.52. The topological polar surface area (TPSA) is 61.7 Å². The molecule has 0 aromatic heterocycles. The Morgan fingerprint density at radius 2 is 1.91 bits per heavy atom. The Bertz CT molecular complexity index is 740. The van der Waals surface area contributed by atoms with Crippen LogP contribution in [0.2, 0.25) is 5.02 Å². The Morgan fingerprint density at radius 1 is 1.23 bits per heavy atom. The molecule has 2 aromatic carbocycles. The quantitative estimate of drug-likeness (QED) is 0.626. The third-order valence-electron chi connectivity index (χ3n) is 3.14. The number of nitrogens with zero attached hydrogens (tertiary/aromatic N) is 1. The average molecular weight is 315 g/mol. The van der Waals surface area contributed by atoms with Gasteiger partial charge in [-0.2, -0.15) is 0 Å². The second-order valence-corrected chi connectivity index (χ2v) is 5.05. The van der Waals surface area contributed by atoms with Crippen LogP contribution in [0, 0.1) is 0 Å². The number of nitrogens with one attached hydrogen (secondary N) is 1. The van der Waals surface area contributed by atoms with E-state index in [0.29, 0.717) is 22.0 Å². The van der Waals surface area contributed by atoms with Crippen LogP contribution in [-0.2, 0) is 4.79 Å². The van der Waals surface area contributed by atoms with E-state index in [2.05, 4.69) is 17.0 Å². The van der Waals surface area contributed by atoms with Gasteiger partial charge in [0.1, 0.15) is 0 Å². The summed E-state index contributed by atoms with van der Waals surface area (Å²) in [4.78, 5) is 15.4. The lowest BCUT2D eigenvalue weighted by molar-refractivity contribution is -0.132. The summed E-state index contributed by atoms with van der Waals surface area (Å²) in [7, 11) is 0. The second kappa shape index (κ2) is 6.91. The zero-order chi connectivity index (χ0) is 16.1. The molecule has 4 nitrogen and oxygen atoms in total. The highest BCUT2D eigenvalue weighted by molar-refractivity contribution is 6.31. The van der Waals surface area contributed by atoms with Crippen LogP contribution in [0.15, 0.2) is 59.1 Å². The number of anilines is 1. The molecule has 2 aromatic rings. The Hall–Kier alpha value is -2.59. The minimum Gasteiger partial charge on any atom is -0.478 e. The lowest BCUT2D eigenvalue weighted by atomic mass is 10.0. The van der Waals surface area contributed by atoms with Crippen LogP contribution in [0.4, 0.5) is 11.4 Å². The highest BCUT2D eigenvalue weighted by Crippen LogP contribution is 2.32. The fourth-order valence-electron chi connectivity index (χ4n) is 1.98. The summed E-state index contributed by atoms with van der Waals surface area (Å²) in [6, 6.07) is 14.4. The number of benzene rings is 2. The van der Waals surface area contributed by atoms with E-state index in [4.69, 9.17) is 11.6 Å². The molecule has 0 heterocycles. The highest BCUT2D eigenvalue weighted by atomic mass is 35.5. The summed E-state index contributed by atoms with van der Waals surface area (Å²) in [6.07, 6.45) is 0. The number of para-hydroxylation sites is 1. The van der Waals surface area contributed by atoms with Gasteiger partial charge in [0.05, 0.1) is 17.0 Å². The number of carboxylic acid groups (broad SMARTS) is 1. The van der Waals surface area contributed by atoms with Crippen molar-refractivity contribution < 1.29 is 9.90 Å². The SMILES string of the molecule is C=Nc1ccc(Cl)cc1/C(Nc1ccccc1)=C(\C)C(=O)O. The van der Waals surface area contributed by atoms with Crippen LogP contribution < -0.4 is 5.32 Å². The van der Waals surface area contributed by atoms with Gasteiger partial charge in [0, 0.05) is 16.3 Å². The molecule has 2 N–H and O–H groups in total. The predicted octanol–water partition coefficient (Wildman–Crippen LogP) is 4.60. The third-order valence-corrected chi connectivity index (χ3v) is 3.37. The lowest BCUT2D eigenvalue weighted by Gasteiger charge is -2.16. The molecule has 0 fully saturated rings. The van der Waals surface area contributed by atoms with Gasteiger partial charge in [0.2, 0.25) is 0 Å². The van der Waals surface area contributed by atoms with Gasteiger partial charge >= 0.3 is 5.97 Å². The van der Waals surface area contributed by atoms with E-state index < -0.39 is 5.97 Å². The summed E-state index contributed by atoms with van der Waals surface area (Å²) in [5.74, 6) is -1.02. The number of rotatable bonds is 5. The molecule has 0 aliphatic carbocycles. The number of carboxylic acids is 1. The van der Waals surface area contributed by atoms with Gasteiger partial charge in [-0.1, -0.05) is 29.8 Å². The third kappa shape index (κ3) is 3.54. The molecule has 0 saturated heterocycles. The molecule has 112 valence electrons. The number of aliphatic imine (C=N–C) groups is 1. The van der Waals surface area contributed by atoms with Crippen molar-refractivity contribution in [1.82, 2.24) is 0 Å². The van der Waals surface area contributed by atoms with E-state index in [-0.39, 0.29) is 5.57 Å². The van der Waals surface area contributed by atoms with E-state index >= 15 is 0 Å². The Balaban J connectivity index is 2.60. The maximum absolute atomic E-state index is 11.4. The first-order chi connectivity index (χ1) is 10.5. The molecule has 2 rings (SSSR count). The van der Waals surface area contributed by atoms with Crippen LogP contribution in [0.1, 0.15) is 12.5 Å². The molecule has 0 spiro atoms. The molecular weight excluding hydrogens is 300 g/mol. The molecule has 22 heavy (non-hydrogen) atoms. The van der Waals surface area contributed by atoms with Crippen molar-refractivity contribution in [3.05, 3.63) is 64.7 Å². The zero-order valence-corrected chi connectivity index (χ0v) is 12.8. The van der Waals surface area contributed by atoms with Crippen molar-refractivity contribution in [2.24, 2.45) is 4.99 Å². The van der Waals surface area contributed by atoms with Crippen LogP contribution in [0.25, 0.3) is 5.70 Å². The van der Waals surface area contributed by atoms with Crippen LogP contribution >= 0.6 is 11.6 Å². The first-order valence-corrected chi connectivity index (χ1v) is 6.93. The van der Waals surface area contributed by atoms with E-state index in [1.807, 2.05) is 30.3 Å². The van der Waals surface area contributed by atoms with Gasteiger partial charge in [-0.3, -0.25) is 4.99 Å². The van der Waals surface area contributed by atoms with Crippen molar-refractivity contribution in [2.45, 2.75) is 6.92 Å². The summed E-state index contributed by atoms with van der Waals surface area (Å²) in [6.45, 7) is 5.05. The van der Waals surface area contributed by atoms with Gasteiger partial charge in [-0.05, 0) is 44.0 Å². The van der Waals surface area contributed by atoms with Crippen molar-refractivity contribution in [2.75, 3.05) is 5.32 Å². The Morgan fingerprint density at radius 3 is 2.50 bits per heavy atom. The Labute approximate surface area is 133 Å². The summed E-state index contributed by atoms with van der Waals surface area (Å²) < 4.78 is 0. The van der Waals surface area contributed by atoms with Crippen molar-refractivity contribution >= 4 is 41.4 Å². The fourth-order valence-corrected chi connectivity index (χ4v) is 2.15. The van der Waals surface area contributed by atoms with E-state index in [0.717, 1.165) is 5.69 Å². The highest BCUT2D eigenvalue weighted by Gasteiger charge is 2.15. The van der Waals surface area contributed by atoms with Crippen molar-refractivity contribution in [3.8, 4) is 0 Å².